The number of hydrogen-bond donors (Lipinski definition) is 1. The van der Waals surface area contributed by atoms with E-state index in [9.17, 15) is 13.2 Å². The van der Waals surface area contributed by atoms with Crippen molar-refractivity contribution in [3.63, 3.8) is 0 Å². The fourth-order valence-electron chi connectivity index (χ4n) is 3.24. The van der Waals surface area contributed by atoms with Gasteiger partial charge in [-0.1, -0.05) is 80.4 Å². The summed E-state index contributed by atoms with van der Waals surface area (Å²) >= 11 is 0. The van der Waals surface area contributed by atoms with Gasteiger partial charge < -0.3 is 5.32 Å². The van der Waals surface area contributed by atoms with Crippen molar-refractivity contribution in [2.45, 2.75) is 51.5 Å². The molecule has 0 heterocycles. The maximum atomic E-state index is 12.4. The highest BCUT2D eigenvalue weighted by Crippen LogP contribution is 2.20. The summed E-state index contributed by atoms with van der Waals surface area (Å²) < 4.78 is 24.3. The van der Waals surface area contributed by atoms with E-state index in [2.05, 4.69) is 17.4 Å². The minimum Gasteiger partial charge on any atom is -0.348 e. The smallest absolute Gasteiger partial charge is 0.235 e. The number of unbranched alkanes of at least 4 members (excludes halogenated alkanes) is 2. The average Bonchev–Trinajstić information content (AvgIpc) is 2.68. The lowest BCUT2D eigenvalue weighted by molar-refractivity contribution is -0.119. The molecule has 0 radical (unpaired) electrons. The quantitative estimate of drug-likeness (QED) is 0.534. The number of amides is 1. The van der Waals surface area contributed by atoms with Crippen molar-refractivity contribution in [3.05, 3.63) is 71.8 Å². The number of rotatable bonds is 12. The number of nitrogens with one attached hydrogen (secondary N) is 1. The minimum atomic E-state index is -3.36. The highest BCUT2D eigenvalue weighted by atomic mass is 32.2. The summed E-state index contributed by atoms with van der Waals surface area (Å²) in [5, 5.41) is 2.95. The van der Waals surface area contributed by atoms with Crippen molar-refractivity contribution in [1.82, 2.24) is 5.32 Å². The van der Waals surface area contributed by atoms with Crippen molar-refractivity contribution < 1.29 is 13.2 Å². The van der Waals surface area contributed by atoms with Crippen molar-refractivity contribution >= 4 is 15.7 Å². The maximum absolute atomic E-state index is 12.4. The van der Waals surface area contributed by atoms with Gasteiger partial charge >= 0.3 is 0 Å². The molecule has 1 atom stereocenters. The molecule has 0 aliphatic carbocycles. The van der Waals surface area contributed by atoms with Crippen LogP contribution in [0, 0.1) is 0 Å². The SMILES string of the molecule is CCCCCS(=O)(=O)CC(=O)NC(CCCc1ccccc1)c1ccccc1. The summed E-state index contributed by atoms with van der Waals surface area (Å²) in [6.45, 7) is 2.03. The van der Waals surface area contributed by atoms with Gasteiger partial charge in [0.15, 0.2) is 9.84 Å². The van der Waals surface area contributed by atoms with Gasteiger partial charge in [-0.3, -0.25) is 4.79 Å². The second kappa shape index (κ2) is 11.6. The maximum Gasteiger partial charge on any atom is 0.235 e. The molecule has 0 aliphatic heterocycles. The molecular weight excluding hydrogens is 370 g/mol. The molecule has 1 amide bonds. The van der Waals surface area contributed by atoms with E-state index in [1.54, 1.807) is 0 Å². The Morgan fingerprint density at radius 2 is 1.57 bits per heavy atom. The van der Waals surface area contributed by atoms with Gasteiger partial charge in [0, 0.05) is 0 Å². The zero-order valence-corrected chi connectivity index (χ0v) is 17.5. The van der Waals surface area contributed by atoms with Gasteiger partial charge in [-0.05, 0) is 36.8 Å². The van der Waals surface area contributed by atoms with E-state index < -0.39 is 21.5 Å². The second-order valence-electron chi connectivity index (χ2n) is 7.21. The number of hydrogen-bond acceptors (Lipinski definition) is 3. The van der Waals surface area contributed by atoms with Gasteiger partial charge in [-0.2, -0.15) is 0 Å². The standard InChI is InChI=1S/C23H31NO3S/c1-2-3-10-18-28(26,27)19-23(25)24-22(21-15-8-5-9-16-21)17-11-14-20-12-6-4-7-13-20/h4-9,12-13,15-16,22H,2-3,10-11,14,17-19H2,1H3,(H,24,25). The van der Waals surface area contributed by atoms with E-state index in [-0.39, 0.29) is 11.8 Å². The molecule has 0 fully saturated rings. The van der Waals surface area contributed by atoms with Crippen LogP contribution in [0.1, 0.15) is 56.2 Å². The molecule has 5 heteroatoms. The molecule has 152 valence electrons. The molecule has 0 aromatic heterocycles. The summed E-state index contributed by atoms with van der Waals surface area (Å²) in [6, 6.07) is 19.8. The molecule has 2 aromatic carbocycles. The third kappa shape index (κ3) is 8.26. The first-order chi connectivity index (χ1) is 13.5. The first-order valence-electron chi connectivity index (χ1n) is 10.1. The van der Waals surface area contributed by atoms with E-state index in [0.717, 1.165) is 37.7 Å². The minimum absolute atomic E-state index is 0.0816. The van der Waals surface area contributed by atoms with Crippen LogP contribution in [0.3, 0.4) is 0 Å². The topological polar surface area (TPSA) is 63.2 Å². The molecule has 1 unspecified atom stereocenters. The van der Waals surface area contributed by atoms with Crippen LogP contribution in [0.25, 0.3) is 0 Å². The highest BCUT2D eigenvalue weighted by molar-refractivity contribution is 7.92. The van der Waals surface area contributed by atoms with Crippen LogP contribution in [0.2, 0.25) is 0 Å². The summed E-state index contributed by atoms with van der Waals surface area (Å²) in [5.41, 5.74) is 2.27. The van der Waals surface area contributed by atoms with Gasteiger partial charge in [0.2, 0.25) is 5.91 Å². The van der Waals surface area contributed by atoms with Crippen LogP contribution >= 0.6 is 0 Å². The first kappa shape index (κ1) is 22.2. The molecular formula is C23H31NO3S. The van der Waals surface area contributed by atoms with Gasteiger partial charge in [-0.15, -0.1) is 0 Å². The lowest BCUT2D eigenvalue weighted by atomic mass is 9.99. The van der Waals surface area contributed by atoms with E-state index in [4.69, 9.17) is 0 Å². The number of carbonyl (C=O) groups excluding carboxylic acids is 1. The average molecular weight is 402 g/mol. The Morgan fingerprint density at radius 3 is 2.21 bits per heavy atom. The number of benzene rings is 2. The number of carbonyl (C=O) groups is 1. The van der Waals surface area contributed by atoms with Gasteiger partial charge in [0.05, 0.1) is 11.8 Å². The van der Waals surface area contributed by atoms with E-state index in [1.807, 2.05) is 55.5 Å². The zero-order chi connectivity index (χ0) is 20.2. The third-order valence-corrected chi connectivity index (χ3v) is 6.36. The van der Waals surface area contributed by atoms with Crippen molar-refractivity contribution in [1.29, 1.82) is 0 Å². The van der Waals surface area contributed by atoms with Crippen molar-refractivity contribution in [2.75, 3.05) is 11.5 Å². The molecule has 0 saturated carbocycles. The highest BCUT2D eigenvalue weighted by Gasteiger charge is 2.20. The van der Waals surface area contributed by atoms with Crippen molar-refractivity contribution in [2.24, 2.45) is 0 Å². The van der Waals surface area contributed by atoms with Crippen LogP contribution < -0.4 is 5.32 Å². The molecule has 2 rings (SSSR count). The Kier molecular flexibility index (Phi) is 9.21. The monoisotopic (exact) mass is 401 g/mol. The zero-order valence-electron chi connectivity index (χ0n) is 16.6. The lowest BCUT2D eigenvalue weighted by Crippen LogP contribution is -2.34. The first-order valence-corrected chi connectivity index (χ1v) is 11.9. The molecule has 2 aromatic rings. The number of sulfone groups is 1. The summed E-state index contributed by atoms with van der Waals surface area (Å²) in [6.07, 6.45) is 5.04. The molecule has 28 heavy (non-hydrogen) atoms. The largest absolute Gasteiger partial charge is 0.348 e. The predicted octanol–water partition coefficient (Wildman–Crippen LogP) is 4.47. The molecule has 4 nitrogen and oxygen atoms in total. The fourth-order valence-corrected chi connectivity index (χ4v) is 4.51. The fraction of sp³-hybridized carbons (Fsp3) is 0.435. The molecule has 0 saturated heterocycles. The third-order valence-electron chi connectivity index (χ3n) is 4.75. The summed E-state index contributed by atoms with van der Waals surface area (Å²) in [7, 11) is -3.36. The molecule has 0 spiro atoms. The lowest BCUT2D eigenvalue weighted by Gasteiger charge is -2.19. The summed E-state index contributed by atoms with van der Waals surface area (Å²) in [5.74, 6) is -0.762. The number of aryl methyl sites for hydroxylation is 1. The van der Waals surface area contributed by atoms with Crippen molar-refractivity contribution in [3.8, 4) is 0 Å². The van der Waals surface area contributed by atoms with E-state index >= 15 is 0 Å². The Balaban J connectivity index is 1.94. The Labute approximate surface area is 169 Å². The van der Waals surface area contributed by atoms with Crippen LogP contribution in [-0.2, 0) is 21.1 Å². The Morgan fingerprint density at radius 1 is 0.929 bits per heavy atom. The molecule has 0 bridgehead atoms. The molecule has 0 aliphatic rings. The second-order valence-corrected chi connectivity index (χ2v) is 9.39. The van der Waals surface area contributed by atoms with Gasteiger partial charge in [-0.25, -0.2) is 8.42 Å². The molecule has 1 N–H and O–H groups in total. The van der Waals surface area contributed by atoms with Crippen LogP contribution in [0.4, 0.5) is 0 Å². The van der Waals surface area contributed by atoms with Gasteiger partial charge in [0.25, 0.3) is 0 Å². The van der Waals surface area contributed by atoms with Crippen LogP contribution in [0.15, 0.2) is 60.7 Å². The summed E-state index contributed by atoms with van der Waals surface area (Å²) in [4.78, 5) is 12.4. The van der Waals surface area contributed by atoms with E-state index in [0.29, 0.717) is 6.42 Å². The van der Waals surface area contributed by atoms with Crippen LogP contribution in [-0.4, -0.2) is 25.8 Å². The van der Waals surface area contributed by atoms with E-state index in [1.165, 1.54) is 5.56 Å². The van der Waals surface area contributed by atoms with Gasteiger partial charge in [0.1, 0.15) is 5.75 Å². The Bertz CT molecular complexity index is 804. The normalized spacial score (nSPS) is 12.5. The van der Waals surface area contributed by atoms with Crippen LogP contribution in [0.5, 0.6) is 0 Å². The Hall–Kier alpha value is -2.14. The predicted molar refractivity (Wildman–Crippen MR) is 115 cm³/mol.